The molecule has 2 aliphatic rings. The Hall–Kier alpha value is -1.70. The second kappa shape index (κ2) is 11.6. The Bertz CT molecular complexity index is 928. The molecule has 0 amide bonds. The summed E-state index contributed by atoms with van der Waals surface area (Å²) in [6.07, 6.45) is 20.1. The highest BCUT2D eigenvalue weighted by Gasteiger charge is 2.30. The van der Waals surface area contributed by atoms with Gasteiger partial charge in [0, 0.05) is 5.39 Å². The molecule has 2 aliphatic carbocycles. The van der Waals surface area contributed by atoms with Crippen molar-refractivity contribution in [3.05, 3.63) is 59.2 Å². The maximum atomic E-state index is 14.8. The molecule has 0 bridgehead atoms. The third kappa shape index (κ3) is 6.06. The van der Waals surface area contributed by atoms with E-state index in [1.54, 1.807) is 0 Å². The van der Waals surface area contributed by atoms with Gasteiger partial charge in [-0.1, -0.05) is 63.3 Å². The van der Waals surface area contributed by atoms with Crippen LogP contribution in [-0.2, 0) is 12.8 Å². The monoisotopic (exact) mass is 452 g/mol. The Balaban J connectivity index is 1.31. The van der Waals surface area contributed by atoms with Crippen molar-refractivity contribution in [2.45, 2.75) is 97.3 Å². The van der Waals surface area contributed by atoms with Crippen LogP contribution >= 0.6 is 0 Å². The predicted molar refractivity (Wildman–Crippen MR) is 137 cm³/mol. The first kappa shape index (κ1) is 24.4. The highest BCUT2D eigenvalue weighted by atomic mass is 19.2. The van der Waals surface area contributed by atoms with Crippen molar-refractivity contribution in [2.24, 2.45) is 23.7 Å². The maximum absolute atomic E-state index is 14.8. The minimum Gasteiger partial charge on any atom is -0.203 e. The van der Waals surface area contributed by atoms with E-state index < -0.39 is 11.6 Å². The summed E-state index contributed by atoms with van der Waals surface area (Å²) in [7, 11) is 0. The van der Waals surface area contributed by atoms with Crippen LogP contribution in [0.15, 0.2) is 36.4 Å². The van der Waals surface area contributed by atoms with Gasteiger partial charge in [-0.05, 0) is 111 Å². The van der Waals surface area contributed by atoms with Gasteiger partial charge in [-0.15, -0.1) is 0 Å². The van der Waals surface area contributed by atoms with E-state index in [9.17, 15) is 8.78 Å². The van der Waals surface area contributed by atoms with E-state index in [-0.39, 0.29) is 0 Å². The average molecular weight is 453 g/mol. The SMILES string of the molecule is C/C=C/CCc1cc2ccc(CCC3CCC(C4CCC(CC)CC4)CC3)cc2c(F)c1F. The standard InChI is InChI=1S/C31H42F2/c1-3-5-6-7-28-21-27-19-14-24(20-29(27)31(33)30(28)32)9-8-23-12-17-26(18-13-23)25-15-10-22(4-2)11-16-25/h3,5,14,19-23,25-26H,4,6-13,15-18H2,1-2H3/b5-3+. The molecular formula is C31H42F2. The first-order chi connectivity index (χ1) is 16.1. The molecule has 0 saturated heterocycles. The third-order valence-electron chi connectivity index (χ3n) is 8.84. The number of allylic oxidation sites excluding steroid dienone is 2. The van der Waals surface area contributed by atoms with Gasteiger partial charge in [-0.3, -0.25) is 0 Å². The Morgan fingerprint density at radius 1 is 0.818 bits per heavy atom. The number of fused-ring (bicyclic) bond motifs is 1. The van der Waals surface area contributed by atoms with Crippen LogP contribution in [0.5, 0.6) is 0 Å². The molecule has 2 heteroatoms. The first-order valence-electron chi connectivity index (χ1n) is 13.6. The summed E-state index contributed by atoms with van der Waals surface area (Å²) in [6.45, 7) is 4.29. The number of rotatable bonds is 8. The molecule has 2 saturated carbocycles. The fourth-order valence-electron chi connectivity index (χ4n) is 6.56. The number of hydrogen-bond donors (Lipinski definition) is 0. The normalized spacial score (nSPS) is 26.3. The van der Waals surface area contributed by atoms with Crippen molar-refractivity contribution in [3.8, 4) is 0 Å². The van der Waals surface area contributed by atoms with Gasteiger partial charge >= 0.3 is 0 Å². The minimum atomic E-state index is -0.678. The number of benzene rings is 2. The Kier molecular flexibility index (Phi) is 8.61. The highest BCUT2D eigenvalue weighted by molar-refractivity contribution is 5.84. The summed E-state index contributed by atoms with van der Waals surface area (Å²) in [4.78, 5) is 0. The van der Waals surface area contributed by atoms with Crippen molar-refractivity contribution >= 4 is 10.8 Å². The highest BCUT2D eigenvalue weighted by Crippen LogP contribution is 2.42. The molecule has 0 N–H and O–H groups in total. The zero-order chi connectivity index (χ0) is 23.2. The average Bonchev–Trinajstić information content (AvgIpc) is 2.86. The van der Waals surface area contributed by atoms with Gasteiger partial charge in [0.15, 0.2) is 11.6 Å². The first-order valence-corrected chi connectivity index (χ1v) is 13.6. The molecule has 0 atom stereocenters. The van der Waals surface area contributed by atoms with Gasteiger partial charge < -0.3 is 0 Å². The summed E-state index contributed by atoms with van der Waals surface area (Å²) in [5, 5.41) is 1.25. The van der Waals surface area contributed by atoms with Gasteiger partial charge in [-0.25, -0.2) is 8.78 Å². The van der Waals surface area contributed by atoms with Gasteiger partial charge in [0.1, 0.15) is 0 Å². The molecular weight excluding hydrogens is 410 g/mol. The second-order valence-corrected chi connectivity index (χ2v) is 10.8. The molecule has 2 fully saturated rings. The molecule has 0 heterocycles. The molecule has 33 heavy (non-hydrogen) atoms. The number of hydrogen-bond acceptors (Lipinski definition) is 0. The lowest BCUT2D eigenvalue weighted by Gasteiger charge is -2.37. The van der Waals surface area contributed by atoms with Gasteiger partial charge in [0.2, 0.25) is 0 Å². The van der Waals surface area contributed by atoms with Crippen LogP contribution in [0.3, 0.4) is 0 Å². The zero-order valence-electron chi connectivity index (χ0n) is 20.7. The Morgan fingerprint density at radius 3 is 2.12 bits per heavy atom. The fourth-order valence-corrected chi connectivity index (χ4v) is 6.56. The molecule has 4 rings (SSSR count). The smallest absolute Gasteiger partial charge is 0.166 e. The van der Waals surface area contributed by atoms with Gasteiger partial charge in [0.05, 0.1) is 0 Å². The van der Waals surface area contributed by atoms with Crippen LogP contribution in [0.4, 0.5) is 8.78 Å². The van der Waals surface area contributed by atoms with Crippen molar-refractivity contribution < 1.29 is 8.78 Å². The van der Waals surface area contributed by atoms with Crippen LogP contribution < -0.4 is 0 Å². The summed E-state index contributed by atoms with van der Waals surface area (Å²) in [5.74, 6) is 2.37. The van der Waals surface area contributed by atoms with Crippen molar-refractivity contribution in [1.29, 1.82) is 0 Å². The molecule has 0 nitrogen and oxygen atoms in total. The summed E-state index contributed by atoms with van der Waals surface area (Å²) in [6, 6.07) is 7.82. The largest absolute Gasteiger partial charge is 0.203 e. The van der Waals surface area contributed by atoms with E-state index >= 15 is 0 Å². The van der Waals surface area contributed by atoms with Crippen LogP contribution in [-0.4, -0.2) is 0 Å². The Morgan fingerprint density at radius 2 is 1.48 bits per heavy atom. The fraction of sp³-hybridized carbons (Fsp3) is 0.613. The van der Waals surface area contributed by atoms with Crippen LogP contribution in [0.25, 0.3) is 10.8 Å². The van der Waals surface area contributed by atoms with Crippen LogP contribution in [0.1, 0.15) is 95.6 Å². The molecule has 2 aromatic rings. The molecule has 0 aliphatic heterocycles. The van der Waals surface area contributed by atoms with Crippen molar-refractivity contribution in [2.75, 3.05) is 0 Å². The molecule has 0 radical (unpaired) electrons. The van der Waals surface area contributed by atoms with Crippen LogP contribution in [0, 0.1) is 35.3 Å². The topological polar surface area (TPSA) is 0 Å². The lowest BCUT2D eigenvalue weighted by atomic mass is 9.68. The van der Waals surface area contributed by atoms with E-state index in [4.69, 9.17) is 0 Å². The van der Waals surface area contributed by atoms with Crippen LogP contribution in [0.2, 0.25) is 0 Å². The summed E-state index contributed by atoms with van der Waals surface area (Å²) >= 11 is 0. The van der Waals surface area contributed by atoms with Gasteiger partial charge in [-0.2, -0.15) is 0 Å². The lowest BCUT2D eigenvalue weighted by Crippen LogP contribution is -2.25. The number of halogens is 2. The number of aryl methyl sites for hydroxylation is 2. The van der Waals surface area contributed by atoms with E-state index in [1.807, 2.05) is 37.3 Å². The molecule has 180 valence electrons. The molecule has 2 aromatic carbocycles. The molecule has 0 spiro atoms. The molecule has 0 unspecified atom stereocenters. The maximum Gasteiger partial charge on any atom is 0.166 e. The van der Waals surface area contributed by atoms with Crippen molar-refractivity contribution in [3.63, 3.8) is 0 Å². The predicted octanol–water partition coefficient (Wildman–Crippen LogP) is 9.58. The van der Waals surface area contributed by atoms with E-state index in [1.165, 1.54) is 64.2 Å². The Labute approximate surface area is 199 Å². The summed E-state index contributed by atoms with van der Waals surface area (Å²) in [5.41, 5.74) is 1.62. The molecule has 0 aromatic heterocycles. The van der Waals surface area contributed by atoms with Gasteiger partial charge in [0.25, 0.3) is 0 Å². The second-order valence-electron chi connectivity index (χ2n) is 10.8. The lowest BCUT2D eigenvalue weighted by molar-refractivity contribution is 0.142. The zero-order valence-corrected chi connectivity index (χ0v) is 20.7. The van der Waals surface area contributed by atoms with E-state index in [2.05, 4.69) is 13.0 Å². The quantitative estimate of drug-likeness (QED) is 0.350. The third-order valence-corrected chi connectivity index (χ3v) is 8.84. The van der Waals surface area contributed by atoms with Crippen molar-refractivity contribution in [1.82, 2.24) is 0 Å². The minimum absolute atomic E-state index is 0.436. The van der Waals surface area contributed by atoms with E-state index in [0.29, 0.717) is 17.4 Å². The van der Waals surface area contributed by atoms with E-state index in [0.717, 1.165) is 47.5 Å². The summed E-state index contributed by atoms with van der Waals surface area (Å²) < 4.78 is 29.4.